The van der Waals surface area contributed by atoms with Gasteiger partial charge in [0.1, 0.15) is 6.61 Å². The van der Waals surface area contributed by atoms with Crippen molar-refractivity contribution in [3.8, 4) is 11.1 Å². The van der Waals surface area contributed by atoms with Gasteiger partial charge >= 0.3 is 12.2 Å². The van der Waals surface area contributed by atoms with E-state index in [4.69, 9.17) is 9.57 Å². The summed E-state index contributed by atoms with van der Waals surface area (Å²) >= 11 is 0. The third kappa shape index (κ3) is 4.37. The highest BCUT2D eigenvalue weighted by Crippen LogP contribution is 2.44. The van der Waals surface area contributed by atoms with Gasteiger partial charge in [0.15, 0.2) is 6.04 Å². The third-order valence-corrected chi connectivity index (χ3v) is 5.11. The molecule has 0 unspecified atom stereocenters. The van der Waals surface area contributed by atoms with Gasteiger partial charge in [-0.25, -0.2) is 4.79 Å². The van der Waals surface area contributed by atoms with E-state index in [1.54, 1.807) is 20.8 Å². The maximum atomic E-state index is 13.5. The van der Waals surface area contributed by atoms with E-state index in [2.05, 4.69) is 0 Å². The summed E-state index contributed by atoms with van der Waals surface area (Å²) in [6.07, 6.45) is -2.46. The predicted octanol–water partition coefficient (Wildman–Crippen LogP) is 4.21. The van der Waals surface area contributed by atoms with Crippen LogP contribution < -0.4 is 0 Å². The van der Waals surface area contributed by atoms with Crippen LogP contribution in [0.4, 0.5) is 9.18 Å². The lowest BCUT2D eigenvalue weighted by Gasteiger charge is -2.37. The monoisotopic (exact) mass is 415 g/mol. The first-order valence-corrected chi connectivity index (χ1v) is 9.81. The van der Waals surface area contributed by atoms with Crippen LogP contribution in [0.15, 0.2) is 48.5 Å². The smallest absolute Gasteiger partial charge is 0.432 e. The fourth-order valence-corrected chi connectivity index (χ4v) is 3.79. The minimum Gasteiger partial charge on any atom is -0.432 e. The van der Waals surface area contributed by atoms with Crippen molar-refractivity contribution in [1.29, 1.82) is 0 Å². The Kier molecular flexibility index (Phi) is 6.24. The number of aliphatic hydroxyl groups excluding tert-OH is 1. The number of hydrogen-bond acceptors (Lipinski definition) is 6. The number of rotatable bonds is 6. The minimum absolute atomic E-state index is 0.0216. The Hall–Kier alpha value is -2.77. The molecular weight excluding hydrogens is 389 g/mol. The summed E-state index contributed by atoms with van der Waals surface area (Å²) in [4.78, 5) is 29.0. The van der Waals surface area contributed by atoms with Gasteiger partial charge in [0.2, 0.25) is 0 Å². The number of hydrogen-bond donors (Lipinski definition) is 1. The SMILES string of the molecule is C[C@@H](O)[C@@H](C(=O)F)N(OC(=O)OCC1c2ccccc2-c2ccccc21)C(C)(C)C. The van der Waals surface area contributed by atoms with Crippen LogP contribution >= 0.6 is 0 Å². The van der Waals surface area contributed by atoms with Gasteiger partial charge in [0.05, 0.1) is 6.10 Å². The Morgan fingerprint density at radius 3 is 2.00 bits per heavy atom. The topological polar surface area (TPSA) is 76.1 Å². The molecule has 3 rings (SSSR count). The molecule has 6 nitrogen and oxygen atoms in total. The van der Waals surface area contributed by atoms with Crippen molar-refractivity contribution in [2.24, 2.45) is 0 Å². The Balaban J connectivity index is 1.76. The molecule has 0 spiro atoms. The fourth-order valence-electron chi connectivity index (χ4n) is 3.79. The van der Waals surface area contributed by atoms with Crippen LogP contribution in [0.25, 0.3) is 11.1 Å². The van der Waals surface area contributed by atoms with Crippen molar-refractivity contribution < 1.29 is 28.7 Å². The Labute approximate surface area is 175 Å². The zero-order valence-electron chi connectivity index (χ0n) is 17.5. The first-order chi connectivity index (χ1) is 14.1. The fraction of sp³-hybridized carbons (Fsp3) is 0.391. The van der Waals surface area contributed by atoms with E-state index in [-0.39, 0.29) is 12.5 Å². The molecule has 1 N–H and O–H groups in total. The molecule has 0 heterocycles. The average molecular weight is 415 g/mol. The van der Waals surface area contributed by atoms with E-state index in [1.807, 2.05) is 48.5 Å². The average Bonchev–Trinajstić information content (AvgIpc) is 2.98. The second-order valence-corrected chi connectivity index (χ2v) is 8.37. The van der Waals surface area contributed by atoms with Gasteiger partial charge < -0.3 is 14.7 Å². The summed E-state index contributed by atoms with van der Waals surface area (Å²) in [5.41, 5.74) is 3.31. The lowest BCUT2D eigenvalue weighted by molar-refractivity contribution is -0.221. The Morgan fingerprint density at radius 2 is 1.57 bits per heavy atom. The first kappa shape index (κ1) is 21.9. The Morgan fingerprint density at radius 1 is 1.07 bits per heavy atom. The summed E-state index contributed by atoms with van der Waals surface area (Å²) in [6, 6.07) is 12.3. The molecule has 0 bridgehead atoms. The first-order valence-electron chi connectivity index (χ1n) is 9.81. The molecule has 7 heteroatoms. The van der Waals surface area contributed by atoms with Crippen LogP contribution in [0, 0.1) is 0 Å². The van der Waals surface area contributed by atoms with E-state index in [0.29, 0.717) is 0 Å². The maximum Gasteiger partial charge on any atom is 0.527 e. The van der Waals surface area contributed by atoms with Gasteiger partial charge in [-0.3, -0.25) is 4.79 Å². The van der Waals surface area contributed by atoms with Gasteiger partial charge in [-0.05, 0) is 49.9 Å². The number of carbonyl (C=O) groups excluding carboxylic acids is 2. The molecule has 30 heavy (non-hydrogen) atoms. The molecule has 160 valence electrons. The number of ether oxygens (including phenoxy) is 1. The van der Waals surface area contributed by atoms with Gasteiger partial charge in [-0.15, -0.1) is 5.06 Å². The quantitative estimate of drug-likeness (QED) is 0.433. The predicted molar refractivity (Wildman–Crippen MR) is 109 cm³/mol. The van der Waals surface area contributed by atoms with Crippen molar-refractivity contribution in [3.05, 3.63) is 59.7 Å². The lowest BCUT2D eigenvalue weighted by atomic mass is 9.98. The molecular formula is C23H26FNO5. The lowest BCUT2D eigenvalue weighted by Crippen LogP contribution is -2.55. The summed E-state index contributed by atoms with van der Waals surface area (Å²) in [6.45, 7) is 6.15. The van der Waals surface area contributed by atoms with Gasteiger partial charge in [-0.2, -0.15) is 4.39 Å². The molecule has 2 atom stereocenters. The number of halogens is 1. The molecule has 0 radical (unpaired) electrons. The number of carbonyl (C=O) groups is 2. The summed E-state index contributed by atoms with van der Waals surface area (Å²) < 4.78 is 18.9. The highest BCUT2D eigenvalue weighted by Gasteiger charge is 2.41. The van der Waals surface area contributed by atoms with Gasteiger partial charge in [0.25, 0.3) is 0 Å². The zero-order chi connectivity index (χ0) is 22.1. The normalized spacial score (nSPS) is 15.3. The van der Waals surface area contributed by atoms with Crippen LogP contribution in [0.1, 0.15) is 44.7 Å². The maximum absolute atomic E-state index is 13.5. The highest BCUT2D eigenvalue weighted by atomic mass is 19.1. The van der Waals surface area contributed by atoms with E-state index in [1.165, 1.54) is 6.92 Å². The standard InChI is InChI=1S/C23H26FNO5/c1-14(26)20(21(24)27)25(23(2,3)4)30-22(28)29-13-19-17-11-7-5-9-15(17)16-10-6-8-12-18(16)19/h5-12,14,19-20,26H,13H2,1-4H3/t14-,20+/m1/s1. The number of nitrogens with zero attached hydrogens (tertiary/aromatic N) is 1. The van der Waals surface area contributed by atoms with Crippen LogP contribution in [0.2, 0.25) is 0 Å². The molecule has 1 aliphatic carbocycles. The molecule has 0 saturated heterocycles. The largest absolute Gasteiger partial charge is 0.527 e. The molecule has 0 aliphatic heterocycles. The number of aliphatic hydroxyl groups is 1. The molecule has 0 saturated carbocycles. The van der Waals surface area contributed by atoms with Gasteiger partial charge in [-0.1, -0.05) is 48.5 Å². The highest BCUT2D eigenvalue weighted by molar-refractivity contribution is 5.79. The Bertz CT molecular complexity index is 892. The van der Waals surface area contributed by atoms with E-state index in [0.717, 1.165) is 27.3 Å². The molecule has 0 amide bonds. The van der Waals surface area contributed by atoms with Crippen LogP contribution in [-0.2, 0) is 14.4 Å². The van der Waals surface area contributed by atoms with Crippen LogP contribution in [-0.4, -0.2) is 46.7 Å². The van der Waals surface area contributed by atoms with E-state index >= 15 is 0 Å². The van der Waals surface area contributed by atoms with Crippen molar-refractivity contribution in [1.82, 2.24) is 5.06 Å². The summed E-state index contributed by atoms with van der Waals surface area (Å²) in [7, 11) is 0. The zero-order valence-corrected chi connectivity index (χ0v) is 17.5. The number of hydroxylamine groups is 2. The van der Waals surface area contributed by atoms with Crippen LogP contribution in [0.3, 0.4) is 0 Å². The number of benzene rings is 2. The molecule has 0 aromatic heterocycles. The second kappa shape index (κ2) is 8.53. The third-order valence-electron chi connectivity index (χ3n) is 5.11. The van der Waals surface area contributed by atoms with E-state index < -0.39 is 29.9 Å². The van der Waals surface area contributed by atoms with Crippen molar-refractivity contribution in [2.75, 3.05) is 6.61 Å². The van der Waals surface area contributed by atoms with Crippen molar-refractivity contribution in [3.63, 3.8) is 0 Å². The molecule has 1 aliphatic rings. The van der Waals surface area contributed by atoms with E-state index in [9.17, 15) is 19.1 Å². The van der Waals surface area contributed by atoms with Crippen LogP contribution in [0.5, 0.6) is 0 Å². The molecule has 2 aromatic carbocycles. The van der Waals surface area contributed by atoms with Gasteiger partial charge in [0, 0.05) is 11.5 Å². The summed E-state index contributed by atoms with van der Waals surface area (Å²) in [5.74, 6) is -0.164. The number of fused-ring (bicyclic) bond motifs is 3. The minimum atomic E-state index is -1.80. The summed E-state index contributed by atoms with van der Waals surface area (Å²) in [5, 5.41) is 10.7. The molecule has 2 aromatic rings. The van der Waals surface area contributed by atoms with Crippen molar-refractivity contribution >= 4 is 12.2 Å². The second-order valence-electron chi connectivity index (χ2n) is 8.37. The molecule has 0 fully saturated rings. The van der Waals surface area contributed by atoms with Crippen molar-refractivity contribution in [2.45, 2.75) is 51.3 Å².